The molecule has 0 saturated carbocycles. The minimum atomic E-state index is -0.0988. The molecule has 0 aliphatic carbocycles. The van der Waals surface area contributed by atoms with E-state index in [1.165, 1.54) is 18.2 Å². The van der Waals surface area contributed by atoms with Crippen molar-refractivity contribution in [2.24, 2.45) is 5.92 Å². The number of nitrogens with zero attached hydrogens (tertiary/aromatic N) is 2. The van der Waals surface area contributed by atoms with Crippen LogP contribution in [0.15, 0.2) is 36.9 Å². The third-order valence-corrected chi connectivity index (χ3v) is 3.77. The van der Waals surface area contributed by atoms with Crippen molar-refractivity contribution in [3.05, 3.63) is 42.5 Å². The predicted octanol–water partition coefficient (Wildman–Crippen LogP) is 1.50. The summed E-state index contributed by atoms with van der Waals surface area (Å²) in [4.78, 5) is 27.2. The summed E-state index contributed by atoms with van der Waals surface area (Å²) in [7, 11) is 1.74. The Morgan fingerprint density at radius 3 is 2.71 bits per heavy atom. The fourth-order valence-electron chi connectivity index (χ4n) is 2.59. The van der Waals surface area contributed by atoms with Gasteiger partial charge in [0.2, 0.25) is 5.91 Å². The number of hydrogen-bond acceptors (Lipinski definition) is 3. The number of rotatable bonds is 4. The summed E-state index contributed by atoms with van der Waals surface area (Å²) in [5.41, 5.74) is 0.573. The highest BCUT2D eigenvalue weighted by molar-refractivity contribution is 5.94. The number of hydrogen-bond donors (Lipinski definition) is 1. The number of phenols is 1. The first-order chi connectivity index (χ1) is 10.0. The highest BCUT2D eigenvalue weighted by atomic mass is 16.3. The molecule has 1 aliphatic heterocycles. The summed E-state index contributed by atoms with van der Waals surface area (Å²) in [6.07, 6.45) is 2.19. The van der Waals surface area contributed by atoms with Gasteiger partial charge in [-0.15, -0.1) is 0 Å². The minimum absolute atomic E-state index is 0.0322. The Bertz CT molecular complexity index is 539. The molecule has 5 nitrogen and oxygen atoms in total. The number of likely N-dealkylation sites (N-methyl/N-ethyl adjacent to an activating group) is 1. The Morgan fingerprint density at radius 2 is 2.10 bits per heavy atom. The summed E-state index contributed by atoms with van der Waals surface area (Å²) in [6.45, 7) is 5.44. The van der Waals surface area contributed by atoms with Gasteiger partial charge in [0.15, 0.2) is 0 Å². The molecule has 0 radical (unpaired) electrons. The second kappa shape index (κ2) is 6.43. The van der Waals surface area contributed by atoms with E-state index in [0.717, 1.165) is 6.42 Å². The van der Waals surface area contributed by atoms with Crippen molar-refractivity contribution in [1.29, 1.82) is 0 Å². The van der Waals surface area contributed by atoms with E-state index >= 15 is 0 Å². The molecular formula is C16H20N2O3. The molecule has 1 N–H and O–H groups in total. The quantitative estimate of drug-likeness (QED) is 0.854. The molecule has 1 heterocycles. The van der Waals surface area contributed by atoms with Gasteiger partial charge >= 0.3 is 0 Å². The van der Waals surface area contributed by atoms with Crippen LogP contribution in [-0.4, -0.2) is 53.4 Å². The first-order valence-electron chi connectivity index (χ1n) is 6.97. The zero-order valence-electron chi connectivity index (χ0n) is 12.2. The van der Waals surface area contributed by atoms with Gasteiger partial charge in [0.1, 0.15) is 5.75 Å². The molecule has 1 aliphatic rings. The Labute approximate surface area is 124 Å². The fraction of sp³-hybridized carbons (Fsp3) is 0.375. The second-order valence-corrected chi connectivity index (χ2v) is 5.38. The Hall–Kier alpha value is -2.30. The van der Waals surface area contributed by atoms with Crippen LogP contribution in [-0.2, 0) is 4.79 Å². The molecule has 2 amide bonds. The van der Waals surface area contributed by atoms with E-state index in [0.29, 0.717) is 31.1 Å². The summed E-state index contributed by atoms with van der Waals surface area (Å²) in [5, 5.41) is 9.25. The second-order valence-electron chi connectivity index (χ2n) is 5.38. The maximum absolute atomic E-state index is 12.3. The van der Waals surface area contributed by atoms with Crippen LogP contribution < -0.4 is 0 Å². The molecule has 5 heteroatoms. The van der Waals surface area contributed by atoms with Crippen LogP contribution in [0.3, 0.4) is 0 Å². The molecule has 0 bridgehead atoms. The third-order valence-electron chi connectivity index (χ3n) is 3.77. The Balaban J connectivity index is 1.92. The number of carbonyl (C=O) groups excluding carboxylic acids is 2. The van der Waals surface area contributed by atoms with Crippen LogP contribution in [0.5, 0.6) is 5.75 Å². The molecule has 21 heavy (non-hydrogen) atoms. The lowest BCUT2D eigenvalue weighted by Crippen LogP contribution is -2.33. The Kier molecular flexibility index (Phi) is 4.62. The van der Waals surface area contributed by atoms with Crippen molar-refractivity contribution in [2.75, 3.05) is 26.7 Å². The van der Waals surface area contributed by atoms with Gasteiger partial charge in [-0.25, -0.2) is 0 Å². The highest BCUT2D eigenvalue weighted by Crippen LogP contribution is 2.20. The van der Waals surface area contributed by atoms with Crippen molar-refractivity contribution < 1.29 is 14.7 Å². The van der Waals surface area contributed by atoms with E-state index in [4.69, 9.17) is 0 Å². The van der Waals surface area contributed by atoms with E-state index in [-0.39, 0.29) is 17.6 Å². The van der Waals surface area contributed by atoms with Gasteiger partial charge in [0.05, 0.1) is 0 Å². The van der Waals surface area contributed by atoms with E-state index in [9.17, 15) is 14.7 Å². The van der Waals surface area contributed by atoms with E-state index in [1.54, 1.807) is 29.0 Å². The van der Waals surface area contributed by atoms with Crippen LogP contribution in [0, 0.1) is 5.92 Å². The standard InChI is InChI=1S/C16H20N2O3/c1-3-15(20)17(2)10-12-8-9-18(11-12)16(21)13-4-6-14(19)7-5-13/h3-7,12,19H,1,8-11H2,2H3. The molecule has 2 rings (SSSR count). The van der Waals surface area contributed by atoms with Crippen LogP contribution in [0.4, 0.5) is 0 Å². The predicted molar refractivity (Wildman–Crippen MR) is 80.0 cm³/mol. The monoisotopic (exact) mass is 288 g/mol. The molecule has 0 aromatic heterocycles. The smallest absolute Gasteiger partial charge is 0.253 e. The highest BCUT2D eigenvalue weighted by Gasteiger charge is 2.28. The van der Waals surface area contributed by atoms with Crippen LogP contribution >= 0.6 is 0 Å². The molecule has 0 spiro atoms. The van der Waals surface area contributed by atoms with Gasteiger partial charge in [0, 0.05) is 32.2 Å². The molecule has 112 valence electrons. The topological polar surface area (TPSA) is 60.9 Å². The maximum atomic E-state index is 12.3. The van der Waals surface area contributed by atoms with Gasteiger partial charge in [-0.3, -0.25) is 9.59 Å². The molecule has 1 atom stereocenters. The minimum Gasteiger partial charge on any atom is -0.508 e. The molecule has 1 unspecified atom stereocenters. The van der Waals surface area contributed by atoms with E-state index < -0.39 is 0 Å². The number of carbonyl (C=O) groups is 2. The number of benzene rings is 1. The van der Waals surface area contributed by atoms with E-state index in [1.807, 2.05) is 0 Å². The van der Waals surface area contributed by atoms with Crippen LogP contribution in [0.2, 0.25) is 0 Å². The average molecular weight is 288 g/mol. The number of phenolic OH excluding ortho intramolecular Hbond substituents is 1. The number of likely N-dealkylation sites (tertiary alicyclic amines) is 1. The normalized spacial score (nSPS) is 17.6. The molecule has 1 saturated heterocycles. The van der Waals surface area contributed by atoms with Gasteiger partial charge in [-0.1, -0.05) is 6.58 Å². The molecule has 1 fully saturated rings. The first kappa shape index (κ1) is 15.1. The number of aromatic hydroxyl groups is 1. The lowest BCUT2D eigenvalue weighted by molar-refractivity contribution is -0.125. The maximum Gasteiger partial charge on any atom is 0.253 e. The van der Waals surface area contributed by atoms with Crippen molar-refractivity contribution >= 4 is 11.8 Å². The average Bonchev–Trinajstić information content (AvgIpc) is 2.94. The van der Waals surface area contributed by atoms with Gasteiger partial charge in [-0.05, 0) is 42.7 Å². The largest absolute Gasteiger partial charge is 0.508 e. The summed E-state index contributed by atoms with van der Waals surface area (Å²) < 4.78 is 0. The van der Waals surface area contributed by atoms with Gasteiger partial charge in [0.25, 0.3) is 5.91 Å². The van der Waals surface area contributed by atoms with E-state index in [2.05, 4.69) is 6.58 Å². The van der Waals surface area contributed by atoms with Crippen molar-refractivity contribution in [1.82, 2.24) is 9.80 Å². The molecule has 1 aromatic carbocycles. The summed E-state index contributed by atoms with van der Waals surface area (Å²) in [6, 6.07) is 6.27. The zero-order chi connectivity index (χ0) is 15.4. The van der Waals surface area contributed by atoms with Crippen molar-refractivity contribution in [2.45, 2.75) is 6.42 Å². The van der Waals surface area contributed by atoms with Crippen LogP contribution in [0.25, 0.3) is 0 Å². The molecular weight excluding hydrogens is 268 g/mol. The summed E-state index contributed by atoms with van der Waals surface area (Å²) in [5.74, 6) is 0.309. The lowest BCUT2D eigenvalue weighted by Gasteiger charge is -2.20. The zero-order valence-corrected chi connectivity index (χ0v) is 12.2. The SMILES string of the molecule is C=CC(=O)N(C)CC1CCN(C(=O)c2ccc(O)cc2)C1. The molecule has 1 aromatic rings. The lowest BCUT2D eigenvalue weighted by atomic mass is 10.1. The number of amides is 2. The van der Waals surface area contributed by atoms with Crippen LogP contribution in [0.1, 0.15) is 16.8 Å². The van der Waals surface area contributed by atoms with Crippen molar-refractivity contribution in [3.8, 4) is 5.75 Å². The summed E-state index contributed by atoms with van der Waals surface area (Å²) >= 11 is 0. The Morgan fingerprint density at radius 1 is 1.43 bits per heavy atom. The third kappa shape index (κ3) is 3.62. The van der Waals surface area contributed by atoms with Gasteiger partial charge < -0.3 is 14.9 Å². The van der Waals surface area contributed by atoms with Gasteiger partial charge in [-0.2, -0.15) is 0 Å². The first-order valence-corrected chi connectivity index (χ1v) is 6.97. The fourth-order valence-corrected chi connectivity index (χ4v) is 2.59. The van der Waals surface area contributed by atoms with Crippen molar-refractivity contribution in [3.63, 3.8) is 0 Å².